The average molecular weight is 1970 g/mol. The van der Waals surface area contributed by atoms with Crippen LogP contribution in [0.3, 0.4) is 0 Å². The zero-order chi connectivity index (χ0) is 99.0. The smallest absolute Gasteiger partial charge is 0.460 e. The fourth-order valence-electron chi connectivity index (χ4n) is 7.50. The molecule has 0 aromatic rings. The van der Waals surface area contributed by atoms with E-state index in [9.17, 15) is 327 Å². The van der Waals surface area contributed by atoms with Gasteiger partial charge in [0.15, 0.2) is 0 Å². The maximum Gasteiger partial charge on any atom is 0.460 e. The highest BCUT2D eigenvalue weighted by Crippen LogP contribution is 2.74. The van der Waals surface area contributed by atoms with Crippen LogP contribution in [0.4, 0.5) is 307 Å². The van der Waals surface area contributed by atoms with E-state index in [-0.39, 0.29) is 0 Å². The van der Waals surface area contributed by atoms with Gasteiger partial charge in [0.05, 0.1) is 12.2 Å². The van der Waals surface area contributed by atoms with Crippen molar-refractivity contribution in [2.75, 3.05) is 13.2 Å². The molecule has 0 aromatic heterocycles. The molecule has 0 aliphatic rings. The zero-order valence-corrected chi connectivity index (χ0v) is 52.1. The number of hydrogen-bond donors (Lipinski definition) is 2. The lowest BCUT2D eigenvalue weighted by molar-refractivity contribution is -0.492. The number of alkyl halides is 70. The summed E-state index contributed by atoms with van der Waals surface area (Å²) in [4.78, 5) is 23.3. The summed E-state index contributed by atoms with van der Waals surface area (Å²) < 4.78 is 979. The Labute approximate surface area is 601 Å². The molecule has 716 valence electrons. The Balaban J connectivity index is 7.05. The number of esters is 2. The lowest BCUT2D eigenvalue weighted by atomic mass is 9.82. The van der Waals surface area contributed by atoms with E-state index < -0.39 is 264 Å². The van der Waals surface area contributed by atoms with Crippen LogP contribution in [0.1, 0.15) is 12.8 Å². The molecule has 0 rings (SSSR count). The van der Waals surface area contributed by atoms with Crippen LogP contribution < -0.4 is 0 Å². The molecule has 0 spiro atoms. The molecular weight excluding hydrogens is 1950 g/mol. The zero-order valence-electron chi connectivity index (χ0n) is 52.1. The second-order valence-electron chi connectivity index (χ2n) is 22.9. The fraction of sp³-hybridized carbons (Fsp3) is 0.909. The first-order valence-corrected chi connectivity index (χ1v) is 26.4. The monoisotopic (exact) mass is 1970 g/mol. The SMILES string of the molecule is O=C(/C=C\C(=O)OCC(O)CC(F)(F)C(F)(F)C(F)(F)C(F)(F)C(F)(F)C(F)(F)C(F)(F)C(F)(F)C(F)(F)C(F)(F)C(F)(F)C(F)(F)C(F)(F)C(F)(F)C(F)(F)C(F)(F)C(F)(F)F)OCC(O)CC(F)(F)C(F)(F)C(F)(F)C(F)(F)C(F)(F)C(F)(F)C(F)(F)C(F)(F)C(F)(F)C(F)(F)C(F)(F)C(F)(F)C(F)(F)C(F)(F)C(F)(F)C(F)(F)C(F)(F)F. The Morgan fingerprint density at radius 1 is 0.175 bits per heavy atom. The molecule has 0 radical (unpaired) electrons. The van der Waals surface area contributed by atoms with Gasteiger partial charge in [-0.05, 0) is 0 Å². The number of carbonyl (C=O) groups excluding carboxylic acids is 2. The Morgan fingerprint density at radius 2 is 0.267 bits per heavy atom. The van der Waals surface area contributed by atoms with Crippen molar-refractivity contribution >= 4 is 11.9 Å². The van der Waals surface area contributed by atoms with Gasteiger partial charge >= 0.3 is 214 Å². The Morgan fingerprint density at radius 3 is 0.367 bits per heavy atom. The van der Waals surface area contributed by atoms with Gasteiger partial charge in [0.1, 0.15) is 13.2 Å². The van der Waals surface area contributed by atoms with Crippen LogP contribution in [-0.2, 0) is 19.1 Å². The second kappa shape index (κ2) is 29.7. The van der Waals surface area contributed by atoms with E-state index in [1.165, 1.54) is 0 Å². The van der Waals surface area contributed by atoms with Gasteiger partial charge in [-0.15, -0.1) is 0 Å². The van der Waals surface area contributed by atoms with Gasteiger partial charge in [0, 0.05) is 25.0 Å². The molecule has 0 aliphatic heterocycles. The molecule has 120 heavy (non-hydrogen) atoms. The van der Waals surface area contributed by atoms with Crippen molar-refractivity contribution < 1.29 is 337 Å². The van der Waals surface area contributed by atoms with E-state index in [1.807, 2.05) is 0 Å². The number of aliphatic hydroxyl groups excluding tert-OH is 2. The minimum absolute atomic E-state index is 0.995. The summed E-state index contributed by atoms with van der Waals surface area (Å²) in [5.74, 6) is -327. The van der Waals surface area contributed by atoms with Gasteiger partial charge in [0.25, 0.3) is 0 Å². The number of ether oxygens (including phenoxy) is 2. The third kappa shape index (κ3) is 14.6. The van der Waals surface area contributed by atoms with Crippen molar-refractivity contribution in [2.24, 2.45) is 0 Å². The summed E-state index contributed by atoms with van der Waals surface area (Å²) in [5.41, 5.74) is 0. The molecule has 76 heteroatoms. The molecule has 0 aromatic carbocycles. The highest BCUT2D eigenvalue weighted by molar-refractivity contribution is 5.91. The van der Waals surface area contributed by atoms with Gasteiger partial charge in [-0.25, -0.2) is 9.59 Å². The van der Waals surface area contributed by atoms with Crippen molar-refractivity contribution in [2.45, 2.75) is 227 Å². The van der Waals surface area contributed by atoms with Crippen molar-refractivity contribution in [1.82, 2.24) is 0 Å². The van der Waals surface area contributed by atoms with Crippen LogP contribution in [0.15, 0.2) is 12.2 Å². The number of hydrogen-bond acceptors (Lipinski definition) is 6. The lowest BCUT2D eigenvalue weighted by Gasteiger charge is -2.47. The van der Waals surface area contributed by atoms with E-state index in [4.69, 9.17) is 0 Å². The summed E-state index contributed by atoms with van der Waals surface area (Å²) >= 11 is 0. The molecule has 0 amide bonds. The van der Waals surface area contributed by atoms with Gasteiger partial charge < -0.3 is 19.7 Å². The standard InChI is InChI=1S/C44H14F70O6/c45-11(46,13(49,50)15(53,54)17(57,58)19(61,62)21(65,66)23(69,70)25(73,74)27(77,78)29(81,82)31(85,86)33(89,90)35(93,94)37(97,98)39(101,102)41(105,106)43(109,110)111)3-7(115)5-119-9(117)1-2-10(118)120-6-8(116)4-12(47,48)14(51,52)16(55,56)18(59,60)20(63,64)22(67,68)24(71,72)26(75,76)28(79,80)30(83,84)32(87,88)34(91,92)36(95,96)38(99,100)40(103,104)42(107,108)44(112,113)114/h1-2,7-8,115-116H,3-6H2/b2-1-. The lowest BCUT2D eigenvalue weighted by Crippen LogP contribution is -2.80. The Bertz CT molecular complexity index is 3420. The van der Waals surface area contributed by atoms with E-state index in [2.05, 4.69) is 9.47 Å². The molecule has 0 heterocycles. The van der Waals surface area contributed by atoms with Gasteiger partial charge in [-0.1, -0.05) is 0 Å². The Kier molecular flexibility index (Phi) is 28.1. The quantitative estimate of drug-likeness (QED) is 0.0361. The van der Waals surface area contributed by atoms with E-state index in [1.54, 1.807) is 0 Å². The normalized spacial score (nSPS) is 17.4. The number of carbonyl (C=O) groups is 2. The van der Waals surface area contributed by atoms with Gasteiger partial charge in [0.2, 0.25) is 0 Å². The third-order valence-electron chi connectivity index (χ3n) is 14.8. The van der Waals surface area contributed by atoms with Crippen LogP contribution in [0.5, 0.6) is 0 Å². The molecule has 0 aliphatic carbocycles. The van der Waals surface area contributed by atoms with E-state index >= 15 is 0 Å². The van der Waals surface area contributed by atoms with Crippen molar-refractivity contribution in [3.63, 3.8) is 0 Å². The maximum atomic E-state index is 14.4. The van der Waals surface area contributed by atoms with Crippen LogP contribution in [-0.4, -0.2) is 249 Å². The fourth-order valence-corrected chi connectivity index (χ4v) is 7.50. The molecule has 2 atom stereocenters. The highest BCUT2D eigenvalue weighted by Gasteiger charge is 3.06. The van der Waals surface area contributed by atoms with Crippen LogP contribution in [0.25, 0.3) is 0 Å². The predicted octanol–water partition coefficient (Wildman–Crippen LogP) is 21.6. The van der Waals surface area contributed by atoms with Crippen LogP contribution >= 0.6 is 0 Å². The summed E-state index contributed by atoms with van der Waals surface area (Å²) in [6, 6.07) is 0. The molecule has 0 saturated carbocycles. The minimum Gasteiger partial charge on any atom is -0.460 e. The van der Waals surface area contributed by atoms with Crippen LogP contribution in [0, 0.1) is 0 Å². The molecule has 0 bridgehead atoms. The number of aliphatic hydroxyl groups is 2. The average Bonchev–Trinajstić information content (AvgIpc) is 0.679. The Hall–Kier alpha value is -6.30. The maximum absolute atomic E-state index is 14.4. The van der Waals surface area contributed by atoms with Gasteiger partial charge in [-0.2, -0.15) is 307 Å². The molecule has 2 N–H and O–H groups in total. The minimum atomic E-state index is -10.7. The number of halogens is 70. The first-order valence-electron chi connectivity index (χ1n) is 26.4. The molecule has 2 unspecified atom stereocenters. The first kappa shape index (κ1) is 114. The van der Waals surface area contributed by atoms with Crippen LogP contribution in [0.2, 0.25) is 0 Å². The van der Waals surface area contributed by atoms with Gasteiger partial charge in [-0.3, -0.25) is 0 Å². The highest BCUT2D eigenvalue weighted by atomic mass is 19.5. The largest absolute Gasteiger partial charge is 0.460 e. The molecule has 0 fully saturated rings. The van der Waals surface area contributed by atoms with Crippen molar-refractivity contribution in [3.8, 4) is 0 Å². The molecule has 6 nitrogen and oxygen atoms in total. The summed E-state index contributed by atoms with van der Waals surface area (Å²) in [7, 11) is 0. The van der Waals surface area contributed by atoms with Crippen molar-refractivity contribution in [3.05, 3.63) is 12.2 Å². The van der Waals surface area contributed by atoms with Crippen molar-refractivity contribution in [1.29, 1.82) is 0 Å². The summed E-state index contributed by atoms with van der Waals surface area (Å²) in [6.45, 7) is -5.94. The second-order valence-corrected chi connectivity index (χ2v) is 22.9. The predicted molar refractivity (Wildman–Crippen MR) is 223 cm³/mol. The third-order valence-corrected chi connectivity index (χ3v) is 14.8. The first-order chi connectivity index (χ1) is 50.8. The topological polar surface area (TPSA) is 93.1 Å². The van der Waals surface area contributed by atoms with E-state index in [0.717, 1.165) is 0 Å². The summed E-state index contributed by atoms with van der Waals surface area (Å²) in [6.07, 6.45) is -36.5. The molecular formula is C44H14F70O6. The van der Waals surface area contributed by atoms with E-state index in [0.29, 0.717) is 0 Å². The molecule has 0 saturated heterocycles. The number of rotatable bonds is 40. The summed E-state index contributed by atoms with van der Waals surface area (Å²) in [5, 5.41) is 18.7.